The zero-order valence-electron chi connectivity index (χ0n) is 19.0. The minimum atomic E-state index is -0.00417. The molecule has 0 atom stereocenters. The van der Waals surface area contributed by atoms with Crippen molar-refractivity contribution in [1.29, 1.82) is 0 Å². The lowest BCUT2D eigenvalue weighted by Crippen LogP contribution is -2.35. The number of aromatic amines is 1. The number of hydrogen-bond donors (Lipinski definition) is 1. The molecule has 2 aromatic heterocycles. The van der Waals surface area contributed by atoms with Crippen LogP contribution in [0.15, 0.2) is 61.2 Å². The number of rotatable bonds is 8. The van der Waals surface area contributed by atoms with Gasteiger partial charge in [-0.15, -0.1) is 0 Å². The summed E-state index contributed by atoms with van der Waals surface area (Å²) in [5.74, 6) is 1.46. The Hall–Kier alpha value is -3.67. The third kappa shape index (κ3) is 4.33. The van der Waals surface area contributed by atoms with Crippen LogP contribution in [0, 0.1) is 12.8 Å². The number of nitrogens with zero attached hydrogens (tertiary/aromatic N) is 3. The van der Waals surface area contributed by atoms with Crippen LogP contribution >= 0.6 is 0 Å². The molecular formula is C27H28N4O2. The summed E-state index contributed by atoms with van der Waals surface area (Å²) in [5, 5.41) is 1.18. The number of aryl methyl sites for hydroxylation is 1. The van der Waals surface area contributed by atoms with E-state index in [9.17, 15) is 4.79 Å². The highest BCUT2D eigenvalue weighted by Crippen LogP contribution is 2.32. The molecule has 1 N–H and O–H groups in total. The topological polar surface area (TPSA) is 71.1 Å². The minimum Gasteiger partial charge on any atom is -0.496 e. The molecule has 2 heterocycles. The van der Waals surface area contributed by atoms with E-state index in [1.54, 1.807) is 13.3 Å². The van der Waals surface area contributed by atoms with Crippen LogP contribution in [0.2, 0.25) is 0 Å². The van der Waals surface area contributed by atoms with E-state index in [0.717, 1.165) is 35.4 Å². The second-order valence-corrected chi connectivity index (χ2v) is 8.72. The van der Waals surface area contributed by atoms with Crippen molar-refractivity contribution < 1.29 is 9.53 Å². The molecule has 6 heteroatoms. The first-order chi connectivity index (χ1) is 16.2. The van der Waals surface area contributed by atoms with E-state index in [2.05, 4.69) is 28.1 Å². The summed E-state index contributed by atoms with van der Waals surface area (Å²) in [6, 6.07) is 13.9. The Bertz CT molecular complexity index is 1280. The summed E-state index contributed by atoms with van der Waals surface area (Å²) >= 11 is 0. The first-order valence-electron chi connectivity index (χ1n) is 11.4. The number of nitrogens with one attached hydrogen (secondary N) is 1. The van der Waals surface area contributed by atoms with Crippen LogP contribution in [0.1, 0.15) is 34.3 Å². The van der Waals surface area contributed by atoms with Crippen LogP contribution in [0.25, 0.3) is 22.2 Å². The Balaban J connectivity index is 1.43. The molecule has 168 valence electrons. The largest absolute Gasteiger partial charge is 0.496 e. The summed E-state index contributed by atoms with van der Waals surface area (Å²) in [4.78, 5) is 27.7. The molecule has 1 aliphatic rings. The Morgan fingerprint density at radius 2 is 2.00 bits per heavy atom. The number of methoxy groups -OCH3 is 1. The number of hydrogen-bond acceptors (Lipinski definition) is 4. The quantitative estimate of drug-likeness (QED) is 0.417. The van der Waals surface area contributed by atoms with Crippen LogP contribution in [0.3, 0.4) is 0 Å². The van der Waals surface area contributed by atoms with Gasteiger partial charge in [0.25, 0.3) is 5.91 Å². The summed E-state index contributed by atoms with van der Waals surface area (Å²) in [6.07, 6.45) is 8.34. The van der Waals surface area contributed by atoms with Crippen molar-refractivity contribution in [3.8, 4) is 17.0 Å². The minimum absolute atomic E-state index is 0.00417. The van der Waals surface area contributed by atoms with E-state index in [0.29, 0.717) is 23.7 Å². The van der Waals surface area contributed by atoms with Gasteiger partial charge in [0, 0.05) is 47.5 Å². The number of carbonyl (C=O) groups excluding carboxylic acids is 1. The molecule has 1 saturated carbocycles. The van der Waals surface area contributed by atoms with Gasteiger partial charge in [-0.2, -0.15) is 0 Å². The van der Waals surface area contributed by atoms with Crippen molar-refractivity contribution in [3.05, 3.63) is 77.9 Å². The van der Waals surface area contributed by atoms with Crippen LogP contribution in [-0.2, 0) is 6.42 Å². The number of aromatic nitrogens is 3. The van der Waals surface area contributed by atoms with E-state index in [1.165, 1.54) is 30.1 Å². The number of fused-ring (bicyclic) bond motifs is 1. The molecule has 1 fully saturated rings. The fourth-order valence-corrected chi connectivity index (χ4v) is 4.51. The van der Waals surface area contributed by atoms with Crippen molar-refractivity contribution in [2.45, 2.75) is 26.2 Å². The molecule has 0 aliphatic heterocycles. The molecular weight excluding hydrogens is 412 g/mol. The normalized spacial score (nSPS) is 13.3. The molecule has 33 heavy (non-hydrogen) atoms. The monoisotopic (exact) mass is 440 g/mol. The van der Waals surface area contributed by atoms with Gasteiger partial charge in [0.1, 0.15) is 12.1 Å². The van der Waals surface area contributed by atoms with Crippen molar-refractivity contribution in [2.24, 2.45) is 5.92 Å². The lowest BCUT2D eigenvalue weighted by Gasteiger charge is -2.23. The van der Waals surface area contributed by atoms with Crippen LogP contribution in [0.5, 0.6) is 5.75 Å². The third-order valence-corrected chi connectivity index (χ3v) is 6.46. The maximum atomic E-state index is 13.7. The Morgan fingerprint density at radius 3 is 2.76 bits per heavy atom. The number of carbonyl (C=O) groups is 1. The molecule has 1 amide bonds. The Morgan fingerprint density at radius 1 is 1.18 bits per heavy atom. The average molecular weight is 441 g/mol. The van der Waals surface area contributed by atoms with E-state index in [-0.39, 0.29) is 5.91 Å². The molecule has 1 aliphatic carbocycles. The van der Waals surface area contributed by atoms with Crippen molar-refractivity contribution in [3.63, 3.8) is 0 Å². The smallest absolute Gasteiger partial charge is 0.257 e. The van der Waals surface area contributed by atoms with Gasteiger partial charge in [-0.3, -0.25) is 4.79 Å². The van der Waals surface area contributed by atoms with Crippen molar-refractivity contribution >= 4 is 16.8 Å². The fourth-order valence-electron chi connectivity index (χ4n) is 4.51. The highest BCUT2D eigenvalue weighted by atomic mass is 16.5. The predicted octanol–water partition coefficient (Wildman–Crippen LogP) is 5.04. The third-order valence-electron chi connectivity index (χ3n) is 6.46. The molecule has 0 unspecified atom stereocenters. The van der Waals surface area contributed by atoms with Crippen LogP contribution < -0.4 is 4.74 Å². The summed E-state index contributed by atoms with van der Waals surface area (Å²) in [7, 11) is 1.70. The molecule has 0 radical (unpaired) electrons. The van der Waals surface area contributed by atoms with Crippen molar-refractivity contribution in [1.82, 2.24) is 19.9 Å². The maximum Gasteiger partial charge on any atom is 0.257 e. The molecule has 2 aromatic carbocycles. The first kappa shape index (κ1) is 21.2. The van der Waals surface area contributed by atoms with E-state index in [1.807, 2.05) is 47.4 Å². The molecule has 0 bridgehead atoms. The zero-order valence-corrected chi connectivity index (χ0v) is 19.0. The Labute approximate surface area is 193 Å². The number of benzene rings is 2. The van der Waals surface area contributed by atoms with Gasteiger partial charge in [-0.25, -0.2) is 9.97 Å². The highest BCUT2D eigenvalue weighted by molar-refractivity contribution is 5.99. The number of H-pyrrole nitrogens is 1. The van der Waals surface area contributed by atoms with Gasteiger partial charge in [0.05, 0.1) is 18.4 Å². The van der Waals surface area contributed by atoms with Gasteiger partial charge in [-0.1, -0.05) is 30.3 Å². The van der Waals surface area contributed by atoms with E-state index in [4.69, 9.17) is 4.74 Å². The SMILES string of the molecule is COc1ccc2[nH]cc(CCN(CC3CC3)C(=O)c3cncnc3-c3ccccc3)c2c1C. The lowest BCUT2D eigenvalue weighted by molar-refractivity contribution is 0.0749. The second kappa shape index (κ2) is 9.06. The van der Waals surface area contributed by atoms with Gasteiger partial charge >= 0.3 is 0 Å². The number of ether oxygens (including phenoxy) is 1. The maximum absolute atomic E-state index is 13.7. The summed E-state index contributed by atoms with van der Waals surface area (Å²) < 4.78 is 5.52. The van der Waals surface area contributed by atoms with E-state index >= 15 is 0 Å². The molecule has 0 spiro atoms. The molecule has 0 saturated heterocycles. The number of amides is 1. The lowest BCUT2D eigenvalue weighted by atomic mass is 10.0. The van der Waals surface area contributed by atoms with E-state index < -0.39 is 0 Å². The molecule has 6 nitrogen and oxygen atoms in total. The van der Waals surface area contributed by atoms with Crippen LogP contribution in [0.4, 0.5) is 0 Å². The van der Waals surface area contributed by atoms with Gasteiger partial charge < -0.3 is 14.6 Å². The Kier molecular flexibility index (Phi) is 5.82. The first-order valence-corrected chi connectivity index (χ1v) is 11.4. The second-order valence-electron chi connectivity index (χ2n) is 8.72. The molecule has 5 rings (SSSR count). The van der Waals surface area contributed by atoms with Crippen LogP contribution in [-0.4, -0.2) is 46.0 Å². The van der Waals surface area contributed by atoms with Crippen molar-refractivity contribution in [2.75, 3.05) is 20.2 Å². The fraction of sp³-hybridized carbons (Fsp3) is 0.296. The molecule has 4 aromatic rings. The predicted molar refractivity (Wildman–Crippen MR) is 129 cm³/mol. The standard InChI is InChI=1S/C27H28N4O2/c1-18-24(33-2)11-10-23-25(18)21(14-29-23)12-13-31(16-19-8-9-19)27(32)22-15-28-17-30-26(22)20-6-4-3-5-7-20/h3-7,10-11,14-15,17,19,29H,8-9,12-13,16H2,1-2H3. The summed E-state index contributed by atoms with van der Waals surface area (Å²) in [5.41, 5.74) is 5.57. The average Bonchev–Trinajstić information content (AvgIpc) is 3.59. The summed E-state index contributed by atoms with van der Waals surface area (Å²) in [6.45, 7) is 3.49. The van der Waals surface area contributed by atoms with Gasteiger partial charge in [0.2, 0.25) is 0 Å². The van der Waals surface area contributed by atoms with Gasteiger partial charge in [-0.05, 0) is 49.8 Å². The zero-order chi connectivity index (χ0) is 22.8. The highest BCUT2D eigenvalue weighted by Gasteiger charge is 2.29. The van der Waals surface area contributed by atoms with Gasteiger partial charge in [0.15, 0.2) is 0 Å².